The summed E-state index contributed by atoms with van der Waals surface area (Å²) in [6, 6.07) is 13.9. The van der Waals surface area contributed by atoms with Crippen LogP contribution in [0, 0.1) is 10.1 Å². The molecule has 1 aromatic heterocycles. The van der Waals surface area contributed by atoms with Crippen molar-refractivity contribution in [3.05, 3.63) is 76.0 Å². The minimum Gasteiger partial charge on any atom is -0.458 e. The van der Waals surface area contributed by atoms with Crippen LogP contribution >= 0.6 is 0 Å². The third kappa shape index (κ3) is 4.26. The summed E-state index contributed by atoms with van der Waals surface area (Å²) in [7, 11) is -3.88. The summed E-state index contributed by atoms with van der Waals surface area (Å²) in [4.78, 5) is 10.2. The van der Waals surface area contributed by atoms with Crippen molar-refractivity contribution in [1.82, 2.24) is 0 Å². The van der Waals surface area contributed by atoms with E-state index in [1.165, 1.54) is 24.3 Å². The molecule has 0 unspecified atom stereocenters. The van der Waals surface area contributed by atoms with Crippen LogP contribution in [0.1, 0.15) is 17.4 Å². The molecule has 0 radical (unpaired) electrons. The molecule has 26 heavy (non-hydrogen) atoms. The lowest BCUT2D eigenvalue weighted by molar-refractivity contribution is -0.384. The minimum absolute atomic E-state index is 0.0652. The highest BCUT2D eigenvalue weighted by Gasteiger charge is 2.20. The van der Waals surface area contributed by atoms with E-state index in [0.29, 0.717) is 16.5 Å². The van der Waals surface area contributed by atoms with E-state index < -0.39 is 27.8 Å². The highest BCUT2D eigenvalue weighted by Crippen LogP contribution is 2.27. The highest BCUT2D eigenvalue weighted by atomic mass is 32.2. The molecule has 0 spiro atoms. The predicted molar refractivity (Wildman–Crippen MR) is 92.8 cm³/mol. The van der Waals surface area contributed by atoms with Gasteiger partial charge in [0.15, 0.2) is 0 Å². The number of furan rings is 1. The van der Waals surface area contributed by atoms with E-state index in [1.54, 1.807) is 30.3 Å². The van der Waals surface area contributed by atoms with E-state index in [-0.39, 0.29) is 17.2 Å². The Bertz CT molecular complexity index is 1030. The first kappa shape index (κ1) is 18.1. The molecule has 1 heterocycles. The largest absolute Gasteiger partial charge is 0.458 e. The lowest BCUT2D eigenvalue weighted by Crippen LogP contribution is -2.14. The van der Waals surface area contributed by atoms with Crippen molar-refractivity contribution in [1.29, 1.82) is 0 Å². The Labute approximate surface area is 148 Å². The number of benzene rings is 2. The summed E-state index contributed by atoms with van der Waals surface area (Å²) in [5.74, 6) is -0.247. The molecular formula is C17H15NO7S. The Morgan fingerprint density at radius 1 is 1.15 bits per heavy atom. The standard InChI is InChI=1S/C17H15NO7S/c19-15(10-24-26(22,23)11-12-4-2-1-3-5-12)17-9-13-8-14(18(20)21)6-7-16(13)25-17/h1-9,15,19H,10-11H2/t15-/m0/s1. The van der Waals surface area contributed by atoms with E-state index >= 15 is 0 Å². The van der Waals surface area contributed by atoms with Crippen molar-refractivity contribution in [3.8, 4) is 0 Å². The molecule has 0 amide bonds. The van der Waals surface area contributed by atoms with Crippen molar-refractivity contribution in [2.75, 3.05) is 6.61 Å². The molecule has 0 aliphatic heterocycles. The minimum atomic E-state index is -3.88. The van der Waals surface area contributed by atoms with E-state index in [2.05, 4.69) is 0 Å². The quantitative estimate of drug-likeness (QED) is 0.382. The number of aliphatic hydroxyl groups is 1. The average molecular weight is 377 g/mol. The number of hydrogen-bond donors (Lipinski definition) is 1. The second-order valence-electron chi connectivity index (χ2n) is 5.62. The number of rotatable bonds is 7. The molecule has 3 aromatic rings. The average Bonchev–Trinajstić information content (AvgIpc) is 3.03. The molecule has 1 atom stereocenters. The third-order valence-corrected chi connectivity index (χ3v) is 4.83. The highest BCUT2D eigenvalue weighted by molar-refractivity contribution is 7.85. The second kappa shape index (κ2) is 7.24. The fraction of sp³-hybridized carbons (Fsp3) is 0.176. The predicted octanol–water partition coefficient (Wildman–Crippen LogP) is 2.92. The fourth-order valence-electron chi connectivity index (χ4n) is 2.40. The number of non-ortho nitro benzene ring substituents is 1. The summed E-state index contributed by atoms with van der Waals surface area (Å²) in [6.45, 7) is -0.517. The molecule has 136 valence electrons. The van der Waals surface area contributed by atoms with Crippen LogP contribution in [0.15, 0.2) is 59.0 Å². The summed E-state index contributed by atoms with van der Waals surface area (Å²) in [5, 5.41) is 21.3. The maximum atomic E-state index is 12.0. The second-order valence-corrected chi connectivity index (χ2v) is 7.26. The van der Waals surface area contributed by atoms with Crippen molar-refractivity contribution < 1.29 is 27.0 Å². The molecule has 0 aliphatic carbocycles. The SMILES string of the molecule is O=[N+]([O-])c1ccc2oc([C@@H](O)COS(=O)(=O)Cc3ccccc3)cc2c1. The zero-order valence-electron chi connectivity index (χ0n) is 13.4. The van der Waals surface area contributed by atoms with E-state index in [4.69, 9.17) is 8.60 Å². The Kier molecular flexibility index (Phi) is 5.03. The van der Waals surface area contributed by atoms with Crippen LogP contribution in [0.2, 0.25) is 0 Å². The lowest BCUT2D eigenvalue weighted by Gasteiger charge is -2.09. The molecule has 3 rings (SSSR count). The number of nitro benzene ring substituents is 1. The van der Waals surface area contributed by atoms with Gasteiger partial charge in [0.2, 0.25) is 0 Å². The smallest absolute Gasteiger partial charge is 0.271 e. The molecule has 0 bridgehead atoms. The first-order valence-corrected chi connectivity index (χ1v) is 9.19. The number of hydrogen-bond acceptors (Lipinski definition) is 7. The Balaban J connectivity index is 1.68. The van der Waals surface area contributed by atoms with Gasteiger partial charge in [0.25, 0.3) is 15.8 Å². The third-order valence-electron chi connectivity index (χ3n) is 3.65. The summed E-state index contributed by atoms with van der Waals surface area (Å²) >= 11 is 0. The summed E-state index contributed by atoms with van der Waals surface area (Å²) < 4.78 is 34.2. The van der Waals surface area contributed by atoms with E-state index in [0.717, 1.165) is 0 Å². The van der Waals surface area contributed by atoms with E-state index in [9.17, 15) is 23.6 Å². The van der Waals surface area contributed by atoms with Gasteiger partial charge >= 0.3 is 0 Å². The molecule has 0 saturated heterocycles. The number of aliphatic hydroxyl groups excluding tert-OH is 1. The first-order chi connectivity index (χ1) is 12.3. The fourth-order valence-corrected chi connectivity index (χ4v) is 3.42. The van der Waals surface area contributed by atoms with Crippen molar-refractivity contribution >= 4 is 26.8 Å². The first-order valence-electron chi connectivity index (χ1n) is 7.61. The van der Waals surface area contributed by atoms with E-state index in [1.807, 2.05) is 0 Å². The maximum Gasteiger partial charge on any atom is 0.271 e. The van der Waals surface area contributed by atoms with Gasteiger partial charge in [-0.25, -0.2) is 0 Å². The zero-order chi connectivity index (χ0) is 18.7. The van der Waals surface area contributed by atoms with Crippen LogP contribution in [-0.2, 0) is 20.1 Å². The number of nitrogens with zero attached hydrogens (tertiary/aromatic N) is 1. The molecule has 0 saturated carbocycles. The Morgan fingerprint density at radius 2 is 1.88 bits per heavy atom. The van der Waals surface area contributed by atoms with Crippen LogP contribution < -0.4 is 0 Å². The lowest BCUT2D eigenvalue weighted by atomic mass is 10.2. The molecule has 8 nitrogen and oxygen atoms in total. The molecule has 2 aromatic carbocycles. The van der Waals surface area contributed by atoms with Crippen LogP contribution in [0.25, 0.3) is 11.0 Å². The van der Waals surface area contributed by atoms with Crippen LogP contribution in [0.4, 0.5) is 5.69 Å². The summed E-state index contributed by atoms with van der Waals surface area (Å²) in [6.07, 6.45) is -1.33. The molecular weight excluding hydrogens is 362 g/mol. The van der Waals surface area contributed by atoms with Gasteiger partial charge in [-0.3, -0.25) is 14.3 Å². The normalized spacial score (nSPS) is 13.0. The van der Waals surface area contributed by atoms with Gasteiger partial charge in [-0.15, -0.1) is 0 Å². The van der Waals surface area contributed by atoms with Gasteiger partial charge in [0.1, 0.15) is 23.2 Å². The topological polar surface area (TPSA) is 120 Å². The summed E-state index contributed by atoms with van der Waals surface area (Å²) in [5.41, 5.74) is 0.802. The Hall–Kier alpha value is -2.75. The maximum absolute atomic E-state index is 12.0. The van der Waals surface area contributed by atoms with Crippen LogP contribution in [0.3, 0.4) is 0 Å². The molecule has 1 N–H and O–H groups in total. The van der Waals surface area contributed by atoms with Crippen LogP contribution in [-0.4, -0.2) is 25.1 Å². The Morgan fingerprint density at radius 3 is 2.58 bits per heavy atom. The van der Waals surface area contributed by atoms with Crippen molar-refractivity contribution in [2.24, 2.45) is 0 Å². The van der Waals surface area contributed by atoms with Gasteiger partial charge in [0, 0.05) is 17.5 Å². The van der Waals surface area contributed by atoms with Gasteiger partial charge in [0.05, 0.1) is 11.5 Å². The van der Waals surface area contributed by atoms with Gasteiger partial charge in [-0.1, -0.05) is 30.3 Å². The molecule has 9 heteroatoms. The number of fused-ring (bicyclic) bond motifs is 1. The number of nitro groups is 1. The van der Waals surface area contributed by atoms with Gasteiger partial charge < -0.3 is 9.52 Å². The van der Waals surface area contributed by atoms with Gasteiger partial charge in [-0.05, 0) is 17.7 Å². The van der Waals surface area contributed by atoms with Gasteiger partial charge in [-0.2, -0.15) is 8.42 Å². The zero-order valence-corrected chi connectivity index (χ0v) is 14.3. The van der Waals surface area contributed by atoms with Crippen molar-refractivity contribution in [2.45, 2.75) is 11.9 Å². The van der Waals surface area contributed by atoms with Crippen LogP contribution in [0.5, 0.6) is 0 Å². The van der Waals surface area contributed by atoms with Crippen molar-refractivity contribution in [3.63, 3.8) is 0 Å². The molecule has 0 aliphatic rings. The monoisotopic (exact) mass is 377 g/mol. The molecule has 0 fully saturated rings.